The predicted molar refractivity (Wildman–Crippen MR) is 90.2 cm³/mol. The molecule has 1 aromatic carbocycles. The molecule has 0 bridgehead atoms. The fourth-order valence-corrected chi connectivity index (χ4v) is 4.20. The van der Waals surface area contributed by atoms with Crippen LogP contribution >= 0.6 is 0 Å². The molecule has 0 aliphatic carbocycles. The van der Waals surface area contributed by atoms with Gasteiger partial charge in [-0.1, -0.05) is 18.2 Å². The van der Waals surface area contributed by atoms with E-state index in [4.69, 9.17) is 0 Å². The van der Waals surface area contributed by atoms with Gasteiger partial charge >= 0.3 is 6.18 Å². The van der Waals surface area contributed by atoms with Crippen molar-refractivity contribution in [1.29, 1.82) is 0 Å². The molecule has 1 spiro atoms. The standard InChI is InChI=1S/C19H25F3N2O/c1-17(2,3)24-11-15(18(16(24)25)8-5-9-23-12-18)13-6-4-7-14(10-13)19(20,21)22/h4,6-7,10,15,23H,5,8-9,11-12H2,1-3H3/t15-,18+/m0/s1. The van der Waals surface area contributed by atoms with Gasteiger partial charge in [-0.05, 0) is 51.8 Å². The van der Waals surface area contributed by atoms with Crippen molar-refractivity contribution in [3.8, 4) is 0 Å². The molecule has 0 saturated carbocycles. The molecular weight excluding hydrogens is 329 g/mol. The third kappa shape index (κ3) is 3.16. The lowest BCUT2D eigenvalue weighted by Crippen LogP contribution is -2.50. The van der Waals surface area contributed by atoms with E-state index >= 15 is 0 Å². The number of hydrogen-bond donors (Lipinski definition) is 1. The van der Waals surface area contributed by atoms with E-state index in [9.17, 15) is 18.0 Å². The van der Waals surface area contributed by atoms with Crippen molar-refractivity contribution in [3.63, 3.8) is 0 Å². The summed E-state index contributed by atoms with van der Waals surface area (Å²) in [6.07, 6.45) is -2.80. The van der Waals surface area contributed by atoms with Gasteiger partial charge in [-0.2, -0.15) is 13.2 Å². The van der Waals surface area contributed by atoms with E-state index in [-0.39, 0.29) is 17.4 Å². The van der Waals surface area contributed by atoms with E-state index in [1.165, 1.54) is 12.1 Å². The van der Waals surface area contributed by atoms with Gasteiger partial charge < -0.3 is 10.2 Å². The fraction of sp³-hybridized carbons (Fsp3) is 0.632. The number of carbonyl (C=O) groups excluding carboxylic acids is 1. The number of amides is 1. The normalized spacial score (nSPS) is 28.0. The third-order valence-electron chi connectivity index (χ3n) is 5.55. The second-order valence-electron chi connectivity index (χ2n) is 8.20. The molecule has 2 atom stereocenters. The highest BCUT2D eigenvalue weighted by Gasteiger charge is 2.56. The largest absolute Gasteiger partial charge is 0.416 e. The summed E-state index contributed by atoms with van der Waals surface area (Å²) in [5.41, 5.74) is -1.03. The van der Waals surface area contributed by atoms with Gasteiger partial charge in [0.05, 0.1) is 11.0 Å². The van der Waals surface area contributed by atoms with Crippen LogP contribution in [-0.2, 0) is 11.0 Å². The molecule has 3 rings (SSSR count). The summed E-state index contributed by atoms with van der Waals surface area (Å²) in [6, 6.07) is 5.50. The Morgan fingerprint density at radius 2 is 1.96 bits per heavy atom. The maximum atomic E-state index is 13.3. The first kappa shape index (κ1) is 18.2. The van der Waals surface area contributed by atoms with Crippen LogP contribution in [0.15, 0.2) is 24.3 Å². The number of benzene rings is 1. The van der Waals surface area contributed by atoms with Crippen LogP contribution in [-0.4, -0.2) is 36.0 Å². The van der Waals surface area contributed by atoms with Crippen molar-refractivity contribution in [1.82, 2.24) is 10.2 Å². The first-order valence-electron chi connectivity index (χ1n) is 8.76. The Balaban J connectivity index is 2.05. The van der Waals surface area contributed by atoms with Crippen LogP contribution in [0.3, 0.4) is 0 Å². The van der Waals surface area contributed by atoms with Crippen LogP contribution in [0.4, 0.5) is 13.2 Å². The minimum Gasteiger partial charge on any atom is -0.337 e. The topological polar surface area (TPSA) is 32.3 Å². The molecule has 0 unspecified atom stereocenters. The predicted octanol–water partition coefficient (Wildman–Crippen LogP) is 3.80. The van der Waals surface area contributed by atoms with Gasteiger partial charge in [-0.15, -0.1) is 0 Å². The Morgan fingerprint density at radius 3 is 2.52 bits per heavy atom. The summed E-state index contributed by atoms with van der Waals surface area (Å²) < 4.78 is 39.4. The minimum absolute atomic E-state index is 0.0645. The van der Waals surface area contributed by atoms with Gasteiger partial charge in [0.25, 0.3) is 0 Å². The molecule has 2 saturated heterocycles. The Bertz CT molecular complexity index is 657. The van der Waals surface area contributed by atoms with Gasteiger partial charge in [0.1, 0.15) is 0 Å². The molecule has 1 amide bonds. The van der Waals surface area contributed by atoms with Gasteiger partial charge in [0.2, 0.25) is 5.91 Å². The minimum atomic E-state index is -4.37. The first-order valence-corrected chi connectivity index (χ1v) is 8.76. The van der Waals surface area contributed by atoms with E-state index in [1.807, 2.05) is 25.7 Å². The maximum absolute atomic E-state index is 13.3. The van der Waals surface area contributed by atoms with Crippen molar-refractivity contribution < 1.29 is 18.0 Å². The number of rotatable bonds is 1. The van der Waals surface area contributed by atoms with Crippen molar-refractivity contribution in [2.24, 2.45) is 5.41 Å². The molecule has 1 N–H and O–H groups in total. The van der Waals surface area contributed by atoms with Crippen LogP contribution in [0.5, 0.6) is 0 Å². The zero-order chi connectivity index (χ0) is 18.5. The molecule has 1 aromatic rings. The van der Waals surface area contributed by atoms with Gasteiger partial charge in [0, 0.05) is 24.5 Å². The summed E-state index contributed by atoms with van der Waals surface area (Å²) in [7, 11) is 0. The number of hydrogen-bond acceptors (Lipinski definition) is 2. The smallest absolute Gasteiger partial charge is 0.337 e. The average Bonchev–Trinajstić information content (AvgIpc) is 2.81. The monoisotopic (exact) mass is 354 g/mol. The van der Waals surface area contributed by atoms with Crippen molar-refractivity contribution in [2.45, 2.75) is 51.2 Å². The molecule has 138 valence electrons. The van der Waals surface area contributed by atoms with Crippen LogP contribution in [0.1, 0.15) is 50.7 Å². The average molecular weight is 354 g/mol. The van der Waals surface area contributed by atoms with E-state index in [0.717, 1.165) is 19.0 Å². The highest BCUT2D eigenvalue weighted by atomic mass is 19.4. The maximum Gasteiger partial charge on any atom is 0.416 e. The molecule has 25 heavy (non-hydrogen) atoms. The Labute approximate surface area is 146 Å². The summed E-state index contributed by atoms with van der Waals surface area (Å²) in [5.74, 6) is -0.163. The van der Waals surface area contributed by atoms with Gasteiger partial charge in [-0.25, -0.2) is 0 Å². The van der Waals surface area contributed by atoms with E-state index < -0.39 is 17.2 Å². The van der Waals surface area contributed by atoms with Crippen molar-refractivity contribution in [3.05, 3.63) is 35.4 Å². The zero-order valence-electron chi connectivity index (χ0n) is 14.9. The Morgan fingerprint density at radius 1 is 1.24 bits per heavy atom. The highest BCUT2D eigenvalue weighted by Crippen LogP contribution is 2.50. The lowest BCUT2D eigenvalue weighted by molar-refractivity contribution is -0.141. The molecular formula is C19H25F3N2O. The quantitative estimate of drug-likeness (QED) is 0.832. The molecule has 2 aliphatic heterocycles. The molecule has 0 radical (unpaired) electrons. The number of nitrogens with zero attached hydrogens (tertiary/aromatic N) is 1. The number of carbonyl (C=O) groups is 1. The lowest BCUT2D eigenvalue weighted by atomic mass is 9.69. The highest BCUT2D eigenvalue weighted by molar-refractivity contribution is 5.87. The van der Waals surface area contributed by atoms with Gasteiger partial charge in [0.15, 0.2) is 0 Å². The second kappa shape index (κ2) is 6.01. The Hall–Kier alpha value is -1.56. The first-order chi connectivity index (χ1) is 11.6. The summed E-state index contributed by atoms with van der Waals surface area (Å²) in [6.45, 7) is 7.76. The Kier molecular flexibility index (Phi) is 4.38. The number of halogens is 3. The summed E-state index contributed by atoms with van der Waals surface area (Å²) >= 11 is 0. The van der Waals surface area contributed by atoms with E-state index in [0.29, 0.717) is 25.1 Å². The molecule has 0 aromatic heterocycles. The van der Waals surface area contributed by atoms with Gasteiger partial charge in [-0.3, -0.25) is 4.79 Å². The third-order valence-corrected chi connectivity index (χ3v) is 5.55. The number of alkyl halides is 3. The van der Waals surface area contributed by atoms with Crippen LogP contribution in [0.2, 0.25) is 0 Å². The molecule has 6 heteroatoms. The molecule has 2 fully saturated rings. The lowest BCUT2D eigenvalue weighted by Gasteiger charge is -2.38. The SMILES string of the molecule is CC(C)(C)N1C[C@@H](c2cccc(C(F)(F)F)c2)[C@]2(CCCNC2)C1=O. The van der Waals surface area contributed by atoms with Crippen LogP contribution < -0.4 is 5.32 Å². The second-order valence-corrected chi connectivity index (χ2v) is 8.20. The van der Waals surface area contributed by atoms with Crippen LogP contribution in [0.25, 0.3) is 0 Å². The van der Waals surface area contributed by atoms with Crippen molar-refractivity contribution in [2.75, 3.05) is 19.6 Å². The van der Waals surface area contributed by atoms with Crippen molar-refractivity contribution >= 4 is 5.91 Å². The van der Waals surface area contributed by atoms with E-state index in [1.54, 1.807) is 6.07 Å². The zero-order valence-corrected chi connectivity index (χ0v) is 14.9. The van der Waals surface area contributed by atoms with E-state index in [2.05, 4.69) is 5.32 Å². The number of likely N-dealkylation sites (tertiary alicyclic amines) is 1. The molecule has 2 aliphatic rings. The summed E-state index contributed by atoms with van der Waals surface area (Å²) in [4.78, 5) is 15.1. The summed E-state index contributed by atoms with van der Waals surface area (Å²) in [5, 5.41) is 3.29. The fourth-order valence-electron chi connectivity index (χ4n) is 4.20. The number of piperidine rings is 1. The molecule has 3 nitrogen and oxygen atoms in total. The van der Waals surface area contributed by atoms with Crippen LogP contribution in [0, 0.1) is 5.41 Å². The molecule has 2 heterocycles. The number of nitrogens with one attached hydrogen (secondary N) is 1.